The molecule has 0 spiro atoms. The second-order valence-corrected chi connectivity index (χ2v) is 8.15. The lowest BCUT2D eigenvalue weighted by Crippen LogP contribution is -2.35. The third-order valence-electron chi connectivity index (χ3n) is 3.85. The molecule has 3 rings (SSSR count). The zero-order valence-electron chi connectivity index (χ0n) is 12.7. The van der Waals surface area contributed by atoms with Gasteiger partial charge in [-0.3, -0.25) is 4.31 Å². The number of para-hydroxylation sites is 1. The fraction of sp³-hybridized carbons (Fsp3) is 0.188. The summed E-state index contributed by atoms with van der Waals surface area (Å²) in [6.45, 7) is 0.444. The van der Waals surface area contributed by atoms with Crippen LogP contribution in [0.4, 0.5) is 11.4 Å². The molecular weight excluding hydrogens is 366 g/mol. The van der Waals surface area contributed by atoms with Gasteiger partial charge in [-0.2, -0.15) is 0 Å². The summed E-state index contributed by atoms with van der Waals surface area (Å²) >= 11 is 10.9. The quantitative estimate of drug-likeness (QED) is 0.799. The normalized spacial score (nSPS) is 14.1. The lowest BCUT2D eigenvalue weighted by molar-refractivity contribution is 0.586. The van der Waals surface area contributed by atoms with Crippen LogP contribution >= 0.6 is 23.8 Å². The SMILES string of the molecule is NC(=S)Nc1cc(S(=O)(=O)N2CCCc3ccccc32)ccc1Cl. The first-order valence-corrected chi connectivity index (χ1v) is 9.59. The number of hydrogen-bond donors (Lipinski definition) is 2. The van der Waals surface area contributed by atoms with Crippen molar-refractivity contribution in [1.82, 2.24) is 0 Å². The van der Waals surface area contributed by atoms with Crippen LogP contribution in [0.5, 0.6) is 0 Å². The molecule has 3 N–H and O–H groups in total. The largest absolute Gasteiger partial charge is 0.376 e. The molecule has 0 aliphatic carbocycles. The van der Waals surface area contributed by atoms with E-state index >= 15 is 0 Å². The number of aryl methyl sites for hydroxylation is 1. The molecule has 1 aliphatic heterocycles. The standard InChI is InChI=1S/C16H16ClN3O2S2/c17-13-8-7-12(10-14(13)19-16(18)23)24(21,22)20-9-3-5-11-4-1-2-6-15(11)20/h1-2,4,6-8,10H,3,5,9H2,(H3,18,19,23). The maximum Gasteiger partial charge on any atom is 0.264 e. The molecule has 0 unspecified atom stereocenters. The molecule has 0 aromatic heterocycles. The van der Waals surface area contributed by atoms with Crippen LogP contribution in [0.25, 0.3) is 0 Å². The molecule has 126 valence electrons. The van der Waals surface area contributed by atoms with Crippen molar-refractivity contribution in [2.75, 3.05) is 16.2 Å². The van der Waals surface area contributed by atoms with Gasteiger partial charge in [-0.25, -0.2) is 8.42 Å². The van der Waals surface area contributed by atoms with Gasteiger partial charge in [0.15, 0.2) is 5.11 Å². The van der Waals surface area contributed by atoms with E-state index in [1.165, 1.54) is 22.5 Å². The first-order chi connectivity index (χ1) is 11.4. The number of sulfonamides is 1. The Bertz CT molecular complexity index is 900. The van der Waals surface area contributed by atoms with E-state index in [1.54, 1.807) is 0 Å². The Hall–Kier alpha value is -1.83. The second kappa shape index (κ2) is 6.58. The van der Waals surface area contributed by atoms with Crippen LogP contribution in [0, 0.1) is 0 Å². The van der Waals surface area contributed by atoms with Crippen LogP contribution in [0.2, 0.25) is 5.02 Å². The molecule has 2 aromatic carbocycles. The minimum atomic E-state index is -3.70. The summed E-state index contributed by atoms with van der Waals surface area (Å²) in [5.41, 5.74) is 7.59. The van der Waals surface area contributed by atoms with Crippen LogP contribution in [0.1, 0.15) is 12.0 Å². The Labute approximate surface area is 151 Å². The number of nitrogens with two attached hydrogens (primary N) is 1. The predicted octanol–water partition coefficient (Wildman–Crippen LogP) is 3.14. The molecule has 0 radical (unpaired) electrons. The lowest BCUT2D eigenvalue weighted by atomic mass is 10.0. The molecule has 1 heterocycles. The van der Waals surface area contributed by atoms with Gasteiger partial charge in [-0.1, -0.05) is 29.8 Å². The minimum Gasteiger partial charge on any atom is -0.376 e. The fourth-order valence-corrected chi connectivity index (χ4v) is 4.61. The van der Waals surface area contributed by atoms with Gasteiger partial charge in [-0.15, -0.1) is 0 Å². The number of nitrogens with zero attached hydrogens (tertiary/aromatic N) is 1. The molecule has 2 aromatic rings. The van der Waals surface area contributed by atoms with Crippen molar-refractivity contribution in [3.8, 4) is 0 Å². The van der Waals surface area contributed by atoms with E-state index < -0.39 is 10.0 Å². The lowest BCUT2D eigenvalue weighted by Gasteiger charge is -2.30. The number of nitrogens with one attached hydrogen (secondary N) is 1. The van der Waals surface area contributed by atoms with Crippen LogP contribution in [-0.2, 0) is 16.4 Å². The van der Waals surface area contributed by atoms with Crippen molar-refractivity contribution in [2.24, 2.45) is 5.73 Å². The molecule has 1 aliphatic rings. The molecule has 0 saturated carbocycles. The minimum absolute atomic E-state index is 0.0229. The van der Waals surface area contributed by atoms with E-state index in [2.05, 4.69) is 5.32 Å². The number of hydrogen-bond acceptors (Lipinski definition) is 3. The van der Waals surface area contributed by atoms with E-state index in [0.717, 1.165) is 24.1 Å². The van der Waals surface area contributed by atoms with Gasteiger partial charge in [0.2, 0.25) is 0 Å². The van der Waals surface area contributed by atoms with E-state index in [-0.39, 0.29) is 10.0 Å². The Morgan fingerprint density at radius 3 is 2.75 bits per heavy atom. The molecule has 0 fully saturated rings. The van der Waals surface area contributed by atoms with Crippen molar-refractivity contribution >= 4 is 50.3 Å². The van der Waals surface area contributed by atoms with Gasteiger partial charge < -0.3 is 11.1 Å². The topological polar surface area (TPSA) is 75.4 Å². The number of thiocarbonyl (C=S) groups is 1. The first-order valence-electron chi connectivity index (χ1n) is 7.36. The number of rotatable bonds is 3. The summed E-state index contributed by atoms with van der Waals surface area (Å²) in [7, 11) is -3.70. The highest BCUT2D eigenvalue weighted by molar-refractivity contribution is 7.92. The third-order valence-corrected chi connectivity index (χ3v) is 6.09. The molecule has 5 nitrogen and oxygen atoms in total. The second-order valence-electron chi connectivity index (χ2n) is 5.44. The van der Waals surface area contributed by atoms with E-state index in [4.69, 9.17) is 29.6 Å². The molecule has 0 amide bonds. The van der Waals surface area contributed by atoms with Gasteiger partial charge in [-0.05, 0) is 54.9 Å². The number of halogens is 1. The van der Waals surface area contributed by atoms with Gasteiger partial charge in [0, 0.05) is 6.54 Å². The average molecular weight is 382 g/mol. The highest BCUT2D eigenvalue weighted by atomic mass is 35.5. The molecule has 0 bridgehead atoms. The molecule has 0 atom stereocenters. The van der Waals surface area contributed by atoms with Crippen LogP contribution in [0.3, 0.4) is 0 Å². The summed E-state index contributed by atoms with van der Waals surface area (Å²) in [5.74, 6) is 0. The average Bonchev–Trinajstić information content (AvgIpc) is 2.55. The summed E-state index contributed by atoms with van der Waals surface area (Å²) in [4.78, 5) is 0.141. The zero-order valence-corrected chi connectivity index (χ0v) is 15.1. The van der Waals surface area contributed by atoms with Crippen LogP contribution in [-0.4, -0.2) is 20.1 Å². The van der Waals surface area contributed by atoms with Crippen molar-refractivity contribution in [3.05, 3.63) is 53.1 Å². The highest BCUT2D eigenvalue weighted by Crippen LogP contribution is 2.33. The van der Waals surface area contributed by atoms with Crippen molar-refractivity contribution in [2.45, 2.75) is 17.7 Å². The van der Waals surface area contributed by atoms with Gasteiger partial charge in [0.25, 0.3) is 10.0 Å². The van der Waals surface area contributed by atoms with Gasteiger partial charge >= 0.3 is 0 Å². The number of anilines is 2. The van der Waals surface area contributed by atoms with Crippen molar-refractivity contribution < 1.29 is 8.42 Å². The monoisotopic (exact) mass is 381 g/mol. The Balaban J connectivity index is 2.05. The number of benzene rings is 2. The van der Waals surface area contributed by atoms with Crippen LogP contribution < -0.4 is 15.4 Å². The summed E-state index contributed by atoms with van der Waals surface area (Å²) < 4.78 is 27.6. The molecule has 24 heavy (non-hydrogen) atoms. The maximum atomic E-state index is 13.1. The van der Waals surface area contributed by atoms with E-state index in [9.17, 15) is 8.42 Å². The molecular formula is C16H16ClN3O2S2. The van der Waals surface area contributed by atoms with Crippen molar-refractivity contribution in [1.29, 1.82) is 0 Å². The Morgan fingerprint density at radius 1 is 1.25 bits per heavy atom. The summed E-state index contributed by atoms with van der Waals surface area (Å²) in [6, 6.07) is 12.0. The number of fused-ring (bicyclic) bond motifs is 1. The first kappa shape index (κ1) is 17.0. The Kier molecular flexibility index (Phi) is 4.67. The summed E-state index contributed by atoms with van der Waals surface area (Å²) in [6.07, 6.45) is 1.65. The van der Waals surface area contributed by atoms with E-state index in [0.29, 0.717) is 17.3 Å². The summed E-state index contributed by atoms with van der Waals surface area (Å²) in [5, 5.41) is 3.07. The van der Waals surface area contributed by atoms with E-state index in [1.807, 2.05) is 24.3 Å². The smallest absolute Gasteiger partial charge is 0.264 e. The highest BCUT2D eigenvalue weighted by Gasteiger charge is 2.29. The fourth-order valence-electron chi connectivity index (χ4n) is 2.77. The third kappa shape index (κ3) is 3.19. The molecule has 8 heteroatoms. The predicted molar refractivity (Wildman–Crippen MR) is 101 cm³/mol. The Morgan fingerprint density at radius 2 is 2.00 bits per heavy atom. The van der Waals surface area contributed by atoms with Crippen molar-refractivity contribution in [3.63, 3.8) is 0 Å². The van der Waals surface area contributed by atoms with Gasteiger partial charge in [0.1, 0.15) is 0 Å². The molecule has 0 saturated heterocycles. The van der Waals surface area contributed by atoms with Gasteiger partial charge in [0.05, 0.1) is 21.3 Å². The maximum absolute atomic E-state index is 13.1. The zero-order chi connectivity index (χ0) is 17.3. The van der Waals surface area contributed by atoms with Crippen LogP contribution in [0.15, 0.2) is 47.4 Å².